The first-order valence-electron chi connectivity index (χ1n) is 8.81. The number of aryl methyl sites for hydroxylation is 3. The van der Waals surface area contributed by atoms with Gasteiger partial charge in [0.25, 0.3) is 0 Å². The smallest absolute Gasteiger partial charge is 0.246 e. The van der Waals surface area contributed by atoms with Crippen molar-refractivity contribution in [3.05, 3.63) is 69.5 Å². The van der Waals surface area contributed by atoms with E-state index in [2.05, 4.69) is 58.1 Å². The lowest BCUT2D eigenvalue weighted by molar-refractivity contribution is -0.130. The minimum atomic E-state index is 0.0513. The van der Waals surface area contributed by atoms with E-state index in [0.717, 1.165) is 16.5 Å². The van der Waals surface area contributed by atoms with Crippen LogP contribution in [-0.2, 0) is 17.8 Å². The summed E-state index contributed by atoms with van der Waals surface area (Å²) in [4.78, 5) is 18.4. The second kappa shape index (κ2) is 8.48. The van der Waals surface area contributed by atoms with Crippen LogP contribution in [0.3, 0.4) is 0 Å². The SMILES string of the molecule is Cc1ccc(CCC(=O)N(C)Cc2nc(-c3cccc(Br)c3)no2)cc1C. The van der Waals surface area contributed by atoms with Crippen LogP contribution in [0.25, 0.3) is 11.4 Å². The number of aromatic nitrogens is 2. The summed E-state index contributed by atoms with van der Waals surface area (Å²) in [5.41, 5.74) is 4.55. The molecule has 140 valence electrons. The molecule has 0 spiro atoms. The maximum atomic E-state index is 12.4. The number of hydrogen-bond acceptors (Lipinski definition) is 4. The normalized spacial score (nSPS) is 10.8. The van der Waals surface area contributed by atoms with Gasteiger partial charge in [0.1, 0.15) is 0 Å². The summed E-state index contributed by atoms with van der Waals surface area (Å²) in [5.74, 6) is 0.990. The van der Waals surface area contributed by atoms with Gasteiger partial charge in [-0.2, -0.15) is 4.98 Å². The van der Waals surface area contributed by atoms with Crippen molar-refractivity contribution in [1.82, 2.24) is 15.0 Å². The summed E-state index contributed by atoms with van der Waals surface area (Å²) >= 11 is 3.43. The summed E-state index contributed by atoms with van der Waals surface area (Å²) in [5, 5.41) is 4.01. The molecule has 1 amide bonds. The fraction of sp³-hybridized carbons (Fsp3) is 0.286. The number of carbonyl (C=O) groups is 1. The monoisotopic (exact) mass is 427 g/mol. The van der Waals surface area contributed by atoms with Crippen molar-refractivity contribution in [1.29, 1.82) is 0 Å². The van der Waals surface area contributed by atoms with Crippen molar-refractivity contribution in [2.24, 2.45) is 0 Å². The summed E-state index contributed by atoms with van der Waals surface area (Å²) < 4.78 is 6.25. The van der Waals surface area contributed by atoms with Crippen molar-refractivity contribution < 1.29 is 9.32 Å². The van der Waals surface area contributed by atoms with Crippen LogP contribution in [0.2, 0.25) is 0 Å². The van der Waals surface area contributed by atoms with Crippen molar-refractivity contribution >= 4 is 21.8 Å². The van der Waals surface area contributed by atoms with Crippen LogP contribution < -0.4 is 0 Å². The van der Waals surface area contributed by atoms with Crippen molar-refractivity contribution in [2.75, 3.05) is 7.05 Å². The molecule has 0 aliphatic carbocycles. The van der Waals surface area contributed by atoms with E-state index in [1.807, 2.05) is 24.3 Å². The Morgan fingerprint density at radius 2 is 1.96 bits per heavy atom. The van der Waals surface area contributed by atoms with Gasteiger partial charge < -0.3 is 9.42 Å². The minimum Gasteiger partial charge on any atom is -0.337 e. The zero-order valence-corrected chi connectivity index (χ0v) is 17.3. The summed E-state index contributed by atoms with van der Waals surface area (Å²) in [6, 6.07) is 14.0. The molecule has 5 nitrogen and oxygen atoms in total. The summed E-state index contributed by atoms with van der Waals surface area (Å²) in [7, 11) is 1.76. The quantitative estimate of drug-likeness (QED) is 0.571. The molecule has 6 heteroatoms. The Labute approximate surface area is 167 Å². The Kier molecular flexibility index (Phi) is 6.06. The van der Waals surface area contributed by atoms with Gasteiger partial charge in [0.2, 0.25) is 17.6 Å². The molecule has 0 aliphatic rings. The number of carbonyl (C=O) groups excluding carboxylic acids is 1. The molecule has 0 radical (unpaired) electrons. The molecule has 3 aromatic rings. The van der Waals surface area contributed by atoms with Gasteiger partial charge in [-0.3, -0.25) is 4.79 Å². The van der Waals surface area contributed by atoms with E-state index in [9.17, 15) is 4.79 Å². The minimum absolute atomic E-state index is 0.0513. The standard InChI is InChI=1S/C21H22BrN3O2/c1-14-7-8-16(11-15(14)2)9-10-20(26)25(3)13-19-23-21(24-27-19)17-5-4-6-18(22)12-17/h4-8,11-12H,9-10,13H2,1-3H3. The first kappa shape index (κ1) is 19.3. The molecule has 1 heterocycles. The fourth-order valence-electron chi connectivity index (χ4n) is 2.76. The third-order valence-corrected chi connectivity index (χ3v) is 5.04. The molecule has 2 aromatic carbocycles. The molecular formula is C21H22BrN3O2. The van der Waals surface area contributed by atoms with E-state index in [0.29, 0.717) is 24.7 Å². The predicted molar refractivity (Wildman–Crippen MR) is 108 cm³/mol. The molecular weight excluding hydrogens is 406 g/mol. The van der Waals surface area contributed by atoms with Gasteiger partial charge in [-0.05, 0) is 49.1 Å². The molecule has 0 fully saturated rings. The average molecular weight is 428 g/mol. The van der Waals surface area contributed by atoms with E-state index < -0.39 is 0 Å². The molecule has 0 N–H and O–H groups in total. The Bertz CT molecular complexity index is 952. The Morgan fingerprint density at radius 3 is 2.70 bits per heavy atom. The molecule has 0 saturated heterocycles. The zero-order chi connectivity index (χ0) is 19.4. The predicted octanol–water partition coefficient (Wildman–Crippen LogP) is 4.71. The lowest BCUT2D eigenvalue weighted by Crippen LogP contribution is -2.26. The highest BCUT2D eigenvalue weighted by atomic mass is 79.9. The van der Waals surface area contributed by atoms with Crippen LogP contribution >= 0.6 is 15.9 Å². The fourth-order valence-corrected chi connectivity index (χ4v) is 3.16. The van der Waals surface area contributed by atoms with E-state index in [4.69, 9.17) is 4.52 Å². The van der Waals surface area contributed by atoms with E-state index in [1.54, 1.807) is 11.9 Å². The lowest BCUT2D eigenvalue weighted by Gasteiger charge is -2.14. The van der Waals surface area contributed by atoms with Crippen LogP contribution in [0.1, 0.15) is 29.0 Å². The molecule has 0 unspecified atom stereocenters. The number of rotatable bonds is 6. The molecule has 0 saturated carbocycles. The third kappa shape index (κ3) is 5.04. The van der Waals surface area contributed by atoms with E-state index in [-0.39, 0.29) is 5.91 Å². The van der Waals surface area contributed by atoms with Gasteiger partial charge in [0.15, 0.2) is 0 Å². The maximum Gasteiger partial charge on any atom is 0.246 e. The van der Waals surface area contributed by atoms with Gasteiger partial charge in [-0.25, -0.2) is 0 Å². The molecule has 1 aromatic heterocycles. The van der Waals surface area contributed by atoms with Crippen molar-refractivity contribution in [2.45, 2.75) is 33.2 Å². The van der Waals surface area contributed by atoms with Crippen molar-refractivity contribution in [3.63, 3.8) is 0 Å². The van der Waals surface area contributed by atoms with E-state index in [1.165, 1.54) is 16.7 Å². The number of amides is 1. The number of halogens is 1. The van der Waals surface area contributed by atoms with Gasteiger partial charge in [-0.1, -0.05) is 51.4 Å². The van der Waals surface area contributed by atoms with Crippen LogP contribution in [0.4, 0.5) is 0 Å². The average Bonchev–Trinajstić information content (AvgIpc) is 3.11. The molecule has 0 bridgehead atoms. The Morgan fingerprint density at radius 1 is 1.15 bits per heavy atom. The number of hydrogen-bond donors (Lipinski definition) is 0. The maximum absolute atomic E-state index is 12.4. The van der Waals surface area contributed by atoms with Crippen molar-refractivity contribution in [3.8, 4) is 11.4 Å². The first-order chi connectivity index (χ1) is 12.9. The van der Waals surface area contributed by atoms with Crippen LogP contribution in [0.15, 0.2) is 51.5 Å². The zero-order valence-electron chi connectivity index (χ0n) is 15.7. The summed E-state index contributed by atoms with van der Waals surface area (Å²) in [6.45, 7) is 4.48. The second-order valence-electron chi connectivity index (χ2n) is 6.69. The Hall–Kier alpha value is -2.47. The molecule has 3 rings (SSSR count). The summed E-state index contributed by atoms with van der Waals surface area (Å²) in [6.07, 6.45) is 1.17. The van der Waals surface area contributed by atoms with E-state index >= 15 is 0 Å². The highest BCUT2D eigenvalue weighted by Gasteiger charge is 2.15. The van der Waals surface area contributed by atoms with Gasteiger partial charge >= 0.3 is 0 Å². The van der Waals surface area contributed by atoms with Crippen LogP contribution in [0.5, 0.6) is 0 Å². The van der Waals surface area contributed by atoms with Gasteiger partial charge in [-0.15, -0.1) is 0 Å². The third-order valence-electron chi connectivity index (χ3n) is 4.55. The van der Waals surface area contributed by atoms with Crippen LogP contribution in [-0.4, -0.2) is 28.0 Å². The van der Waals surface area contributed by atoms with Crippen LogP contribution in [0, 0.1) is 13.8 Å². The first-order valence-corrected chi connectivity index (χ1v) is 9.60. The number of nitrogens with zero attached hydrogens (tertiary/aromatic N) is 3. The highest BCUT2D eigenvalue weighted by Crippen LogP contribution is 2.20. The molecule has 0 aliphatic heterocycles. The lowest BCUT2D eigenvalue weighted by atomic mass is 10.0. The topological polar surface area (TPSA) is 59.2 Å². The largest absolute Gasteiger partial charge is 0.337 e. The second-order valence-corrected chi connectivity index (χ2v) is 7.61. The number of benzene rings is 2. The highest BCUT2D eigenvalue weighted by molar-refractivity contribution is 9.10. The molecule has 0 atom stereocenters. The molecule has 27 heavy (non-hydrogen) atoms. The Balaban J connectivity index is 1.57. The van der Waals surface area contributed by atoms with Gasteiger partial charge in [0.05, 0.1) is 6.54 Å². The van der Waals surface area contributed by atoms with Gasteiger partial charge in [0, 0.05) is 23.5 Å².